The van der Waals surface area contributed by atoms with Gasteiger partial charge in [0.05, 0.1) is 5.41 Å². The number of carbonyl (C=O) groups is 2. The average Bonchev–Trinajstić information content (AvgIpc) is 2.93. The molecule has 0 radical (unpaired) electrons. The number of hydrogen-bond donors (Lipinski definition) is 1. The van der Waals surface area contributed by atoms with Gasteiger partial charge in [-0.05, 0) is 30.0 Å². The number of rotatable bonds is 9. The van der Waals surface area contributed by atoms with Crippen LogP contribution in [0, 0.1) is 11.6 Å². The molecule has 0 aromatic heterocycles. The summed E-state index contributed by atoms with van der Waals surface area (Å²) in [5.74, 6) is -2.85. The fourth-order valence-electron chi connectivity index (χ4n) is 5.01. The normalized spacial score (nSPS) is 20.8. The van der Waals surface area contributed by atoms with Crippen LogP contribution in [0.5, 0.6) is 0 Å². The first-order valence-electron chi connectivity index (χ1n) is 13.0. The van der Waals surface area contributed by atoms with Gasteiger partial charge in [0, 0.05) is 29.2 Å². The van der Waals surface area contributed by atoms with E-state index in [4.69, 9.17) is 0 Å². The van der Waals surface area contributed by atoms with Crippen LogP contribution in [-0.2, 0) is 10.2 Å². The SMILES string of the molecule is C=CCC(=NC1(C)C=CC(c2ccc(C(C)C)cc2)(c2ccc(F)cc2F)C=C1C(=O)c1ccccc1)C(=O)O. The molecule has 3 aromatic rings. The lowest BCUT2D eigenvalue weighted by molar-refractivity contribution is -0.129. The Kier molecular flexibility index (Phi) is 8.10. The average molecular weight is 540 g/mol. The summed E-state index contributed by atoms with van der Waals surface area (Å²) in [6.07, 6.45) is 6.40. The fourth-order valence-corrected chi connectivity index (χ4v) is 5.01. The van der Waals surface area contributed by atoms with E-state index in [1.165, 1.54) is 18.2 Å². The molecular formula is C34H31F2NO3. The van der Waals surface area contributed by atoms with Gasteiger partial charge in [-0.15, -0.1) is 6.58 Å². The van der Waals surface area contributed by atoms with Crippen molar-refractivity contribution in [3.05, 3.63) is 143 Å². The van der Waals surface area contributed by atoms with E-state index in [2.05, 4.69) is 25.4 Å². The molecule has 0 saturated heterocycles. The van der Waals surface area contributed by atoms with Crippen LogP contribution in [0.3, 0.4) is 0 Å². The molecule has 1 aliphatic rings. The van der Waals surface area contributed by atoms with E-state index in [1.54, 1.807) is 55.5 Å². The van der Waals surface area contributed by atoms with Crippen molar-refractivity contribution in [1.29, 1.82) is 0 Å². The summed E-state index contributed by atoms with van der Waals surface area (Å²) in [4.78, 5) is 30.6. The maximum atomic E-state index is 15.5. The number of aliphatic carboxylic acids is 1. The molecule has 204 valence electrons. The Balaban J connectivity index is 2.05. The van der Waals surface area contributed by atoms with Crippen LogP contribution in [0.25, 0.3) is 0 Å². The summed E-state index contributed by atoms with van der Waals surface area (Å²) >= 11 is 0. The molecule has 0 heterocycles. The molecule has 2 atom stereocenters. The lowest BCUT2D eigenvalue weighted by Crippen LogP contribution is -2.38. The van der Waals surface area contributed by atoms with Crippen LogP contribution in [-0.4, -0.2) is 28.1 Å². The van der Waals surface area contributed by atoms with Gasteiger partial charge in [-0.2, -0.15) is 0 Å². The van der Waals surface area contributed by atoms with Gasteiger partial charge in [0.15, 0.2) is 5.78 Å². The van der Waals surface area contributed by atoms with Crippen LogP contribution < -0.4 is 0 Å². The van der Waals surface area contributed by atoms with Gasteiger partial charge >= 0.3 is 5.97 Å². The van der Waals surface area contributed by atoms with E-state index in [1.807, 2.05) is 24.3 Å². The predicted molar refractivity (Wildman–Crippen MR) is 154 cm³/mol. The number of carboxylic acids is 1. The lowest BCUT2D eigenvalue weighted by Gasteiger charge is -2.38. The van der Waals surface area contributed by atoms with Crippen molar-refractivity contribution >= 4 is 17.5 Å². The van der Waals surface area contributed by atoms with Crippen LogP contribution in [0.4, 0.5) is 8.78 Å². The van der Waals surface area contributed by atoms with Crippen LogP contribution >= 0.6 is 0 Å². The number of aliphatic imine (C=N–C) groups is 1. The molecular weight excluding hydrogens is 508 g/mol. The van der Waals surface area contributed by atoms with Crippen LogP contribution in [0.1, 0.15) is 60.2 Å². The molecule has 0 amide bonds. The maximum Gasteiger partial charge on any atom is 0.350 e. The van der Waals surface area contributed by atoms with Gasteiger partial charge in [0.25, 0.3) is 0 Å². The van der Waals surface area contributed by atoms with E-state index >= 15 is 4.39 Å². The highest BCUT2D eigenvalue weighted by Gasteiger charge is 2.43. The number of Topliss-reactive ketones (excluding diaryl/α,β-unsaturated/α-hetero) is 1. The molecule has 3 aromatic carbocycles. The second-order valence-electron chi connectivity index (χ2n) is 10.4. The molecule has 0 fully saturated rings. The molecule has 0 saturated carbocycles. The highest BCUT2D eigenvalue weighted by atomic mass is 19.1. The molecule has 4 rings (SSSR count). The summed E-state index contributed by atoms with van der Waals surface area (Å²) < 4.78 is 29.5. The van der Waals surface area contributed by atoms with E-state index in [-0.39, 0.29) is 35.0 Å². The summed E-state index contributed by atoms with van der Waals surface area (Å²) in [6, 6.07) is 19.6. The van der Waals surface area contributed by atoms with Gasteiger partial charge in [0.2, 0.25) is 0 Å². The van der Waals surface area contributed by atoms with Crippen molar-refractivity contribution in [2.75, 3.05) is 0 Å². The summed E-state index contributed by atoms with van der Waals surface area (Å²) in [6.45, 7) is 9.40. The monoisotopic (exact) mass is 539 g/mol. The number of benzene rings is 3. The van der Waals surface area contributed by atoms with Gasteiger partial charge in [-0.1, -0.05) is 98.8 Å². The van der Waals surface area contributed by atoms with Crippen molar-refractivity contribution in [2.24, 2.45) is 4.99 Å². The molecule has 0 bridgehead atoms. The van der Waals surface area contributed by atoms with Crippen molar-refractivity contribution in [1.82, 2.24) is 0 Å². The standard InChI is InChI=1S/C34H31F2NO3/c1-5-9-30(32(39)40)37-33(4)18-19-34(27-17-16-26(35)20-29(27)36,25-14-12-23(13-15-25)22(2)3)21-28(33)31(38)24-10-7-6-8-11-24/h5-8,10-22H,1,9H2,2-4H3,(H,39,40). The highest BCUT2D eigenvalue weighted by Crippen LogP contribution is 2.45. The zero-order chi connectivity index (χ0) is 29.1. The van der Waals surface area contributed by atoms with E-state index in [0.717, 1.165) is 11.6 Å². The molecule has 4 nitrogen and oxygen atoms in total. The molecule has 40 heavy (non-hydrogen) atoms. The Morgan fingerprint density at radius 2 is 1.68 bits per heavy atom. The number of halogens is 2. The Morgan fingerprint density at radius 1 is 1.00 bits per heavy atom. The van der Waals surface area contributed by atoms with Gasteiger partial charge in [-0.3, -0.25) is 9.79 Å². The smallest absolute Gasteiger partial charge is 0.350 e. The third-order valence-electron chi connectivity index (χ3n) is 7.25. The number of nitrogens with zero attached hydrogens (tertiary/aromatic N) is 1. The van der Waals surface area contributed by atoms with E-state index in [0.29, 0.717) is 11.1 Å². The van der Waals surface area contributed by atoms with Gasteiger partial charge in [-0.25, -0.2) is 13.6 Å². The first kappa shape index (κ1) is 28.6. The number of allylic oxidation sites excluding steroid dienone is 3. The second kappa shape index (κ2) is 11.3. The Labute approximate surface area is 233 Å². The Hall–Kier alpha value is -4.45. The molecule has 0 aliphatic heterocycles. The van der Waals surface area contributed by atoms with Crippen molar-refractivity contribution in [2.45, 2.75) is 44.1 Å². The maximum absolute atomic E-state index is 15.5. The topological polar surface area (TPSA) is 66.7 Å². The number of carboxylic acid groups (broad SMARTS) is 1. The number of hydrogen-bond acceptors (Lipinski definition) is 3. The Morgan fingerprint density at radius 3 is 2.25 bits per heavy atom. The largest absolute Gasteiger partial charge is 0.477 e. The second-order valence-corrected chi connectivity index (χ2v) is 10.4. The Bertz CT molecular complexity index is 1540. The predicted octanol–water partition coefficient (Wildman–Crippen LogP) is 7.61. The molecule has 2 unspecified atom stereocenters. The molecule has 6 heteroatoms. The lowest BCUT2D eigenvalue weighted by atomic mass is 9.66. The van der Waals surface area contributed by atoms with Gasteiger partial charge < -0.3 is 5.11 Å². The number of carbonyl (C=O) groups excluding carboxylic acids is 1. The van der Waals surface area contributed by atoms with Crippen molar-refractivity contribution in [3.8, 4) is 0 Å². The third kappa shape index (κ3) is 5.48. The minimum atomic E-state index is -1.39. The van der Waals surface area contributed by atoms with Crippen molar-refractivity contribution in [3.63, 3.8) is 0 Å². The highest BCUT2D eigenvalue weighted by molar-refractivity contribution is 6.36. The minimum absolute atomic E-state index is 0.0139. The molecule has 1 aliphatic carbocycles. The first-order valence-corrected chi connectivity index (χ1v) is 13.0. The zero-order valence-electron chi connectivity index (χ0n) is 22.7. The van der Waals surface area contributed by atoms with Crippen molar-refractivity contribution < 1.29 is 23.5 Å². The number of ketones is 1. The first-order chi connectivity index (χ1) is 19.0. The molecule has 1 N–H and O–H groups in total. The van der Waals surface area contributed by atoms with E-state index < -0.39 is 28.6 Å². The summed E-state index contributed by atoms with van der Waals surface area (Å²) in [5.41, 5.74) is -0.436. The van der Waals surface area contributed by atoms with Crippen LogP contribution in [0.2, 0.25) is 0 Å². The quantitative estimate of drug-likeness (QED) is 0.173. The van der Waals surface area contributed by atoms with E-state index in [9.17, 15) is 19.1 Å². The zero-order valence-corrected chi connectivity index (χ0v) is 22.7. The fraction of sp³-hybridized carbons (Fsp3) is 0.206. The minimum Gasteiger partial charge on any atom is -0.477 e. The molecule has 0 spiro atoms. The third-order valence-corrected chi connectivity index (χ3v) is 7.25. The summed E-state index contributed by atoms with van der Waals surface area (Å²) in [5, 5.41) is 9.79. The van der Waals surface area contributed by atoms with Gasteiger partial charge in [0.1, 0.15) is 22.9 Å². The summed E-state index contributed by atoms with van der Waals surface area (Å²) in [7, 11) is 0. The van der Waals surface area contributed by atoms with Crippen LogP contribution in [0.15, 0.2) is 114 Å².